The molecule has 1 aromatic heterocycles. The third-order valence-corrected chi connectivity index (χ3v) is 4.38. The van der Waals surface area contributed by atoms with Gasteiger partial charge in [0.1, 0.15) is 5.69 Å². The van der Waals surface area contributed by atoms with Gasteiger partial charge in [-0.05, 0) is 53.7 Å². The fourth-order valence-corrected chi connectivity index (χ4v) is 2.92. The summed E-state index contributed by atoms with van der Waals surface area (Å²) in [6.45, 7) is 4.23. The lowest BCUT2D eigenvalue weighted by atomic mass is 9.72. The Labute approximate surface area is 140 Å². The number of pyridine rings is 1. The largest absolute Gasteiger partial charge is 0.545 e. The minimum absolute atomic E-state index is 0.0292. The number of carbonyl (C=O) groups excluding carboxylic acids is 2. The molecule has 0 unspecified atom stereocenters. The Morgan fingerprint density at radius 3 is 2.79 bits per heavy atom. The molecule has 0 bridgehead atoms. The summed E-state index contributed by atoms with van der Waals surface area (Å²) in [4.78, 5) is 27.1. The van der Waals surface area contributed by atoms with Crippen molar-refractivity contribution in [3.8, 4) is 11.8 Å². The van der Waals surface area contributed by atoms with Crippen LogP contribution in [0.2, 0.25) is 0 Å². The minimum Gasteiger partial charge on any atom is -0.545 e. The summed E-state index contributed by atoms with van der Waals surface area (Å²) in [6, 6.07) is 8.46. The van der Waals surface area contributed by atoms with Crippen molar-refractivity contribution < 1.29 is 14.7 Å². The van der Waals surface area contributed by atoms with Gasteiger partial charge in [-0.25, -0.2) is 4.98 Å². The summed E-state index contributed by atoms with van der Waals surface area (Å²) in [6.07, 6.45) is 2.86. The maximum Gasteiger partial charge on any atom is 0.163 e. The van der Waals surface area contributed by atoms with Crippen LogP contribution in [-0.2, 0) is 5.41 Å². The summed E-state index contributed by atoms with van der Waals surface area (Å²) < 4.78 is 0. The number of aromatic nitrogens is 1. The minimum atomic E-state index is -1.30. The molecular weight excluding hydrogens is 302 g/mol. The van der Waals surface area contributed by atoms with Crippen molar-refractivity contribution in [1.29, 1.82) is 0 Å². The first-order chi connectivity index (χ1) is 11.4. The van der Waals surface area contributed by atoms with Crippen LogP contribution in [0.1, 0.15) is 64.2 Å². The molecule has 1 aliphatic rings. The van der Waals surface area contributed by atoms with Crippen LogP contribution in [0.4, 0.5) is 0 Å². The smallest absolute Gasteiger partial charge is 0.163 e. The topological polar surface area (TPSA) is 70.1 Å². The molecule has 1 aliphatic carbocycles. The lowest BCUT2D eigenvalue weighted by Crippen LogP contribution is -2.27. The monoisotopic (exact) mass is 318 g/mol. The van der Waals surface area contributed by atoms with Crippen molar-refractivity contribution in [2.75, 3.05) is 0 Å². The molecule has 0 aliphatic heterocycles. The fourth-order valence-electron chi connectivity index (χ4n) is 2.92. The van der Waals surface area contributed by atoms with Crippen molar-refractivity contribution in [2.45, 2.75) is 32.1 Å². The molecular formula is C20H16NO3-. The van der Waals surface area contributed by atoms with E-state index in [9.17, 15) is 14.7 Å². The Morgan fingerprint density at radius 1 is 1.25 bits per heavy atom. The molecule has 4 heteroatoms. The molecule has 1 aromatic carbocycles. The van der Waals surface area contributed by atoms with E-state index in [1.54, 1.807) is 12.1 Å². The first kappa shape index (κ1) is 15.9. The van der Waals surface area contributed by atoms with Crippen molar-refractivity contribution in [1.82, 2.24) is 4.98 Å². The van der Waals surface area contributed by atoms with Gasteiger partial charge in [-0.3, -0.25) is 4.79 Å². The molecule has 0 fully saturated rings. The average Bonchev–Trinajstić information content (AvgIpc) is 2.57. The van der Waals surface area contributed by atoms with E-state index in [4.69, 9.17) is 0 Å². The van der Waals surface area contributed by atoms with Crippen LogP contribution in [0.5, 0.6) is 0 Å². The highest BCUT2D eigenvalue weighted by molar-refractivity contribution is 5.99. The first-order valence-electron chi connectivity index (χ1n) is 7.74. The van der Waals surface area contributed by atoms with E-state index in [1.807, 2.05) is 6.07 Å². The van der Waals surface area contributed by atoms with Gasteiger partial charge in [-0.15, -0.1) is 0 Å². The molecule has 0 saturated carbocycles. The number of rotatable bonds is 1. The quantitative estimate of drug-likeness (QED) is 0.755. The van der Waals surface area contributed by atoms with E-state index in [0.29, 0.717) is 6.42 Å². The number of ketones is 1. The van der Waals surface area contributed by atoms with Crippen molar-refractivity contribution in [3.05, 3.63) is 64.5 Å². The fraction of sp³-hybridized carbons (Fsp3) is 0.250. The number of hydrogen-bond acceptors (Lipinski definition) is 4. The SMILES string of the molecule is CC1(C)CCC(=O)c2ccc(C#Cc3ncccc3C(=O)[O-])cc21. The predicted molar refractivity (Wildman–Crippen MR) is 87.6 cm³/mol. The zero-order valence-corrected chi connectivity index (χ0v) is 13.6. The number of aromatic carboxylic acids is 1. The summed E-state index contributed by atoms with van der Waals surface area (Å²) in [5.41, 5.74) is 2.54. The van der Waals surface area contributed by atoms with Crippen molar-refractivity contribution in [2.24, 2.45) is 0 Å². The maximum atomic E-state index is 12.1. The van der Waals surface area contributed by atoms with E-state index in [1.165, 1.54) is 18.3 Å². The second-order valence-corrected chi connectivity index (χ2v) is 6.50. The zero-order chi connectivity index (χ0) is 17.3. The molecule has 0 amide bonds. The second-order valence-electron chi connectivity index (χ2n) is 6.50. The lowest BCUT2D eigenvalue weighted by molar-refractivity contribution is -0.255. The Bertz CT molecular complexity index is 901. The van der Waals surface area contributed by atoms with Gasteiger partial charge >= 0.3 is 0 Å². The number of benzene rings is 1. The van der Waals surface area contributed by atoms with E-state index in [0.717, 1.165) is 23.1 Å². The highest BCUT2D eigenvalue weighted by Gasteiger charge is 2.31. The van der Waals surface area contributed by atoms with Gasteiger partial charge in [0.2, 0.25) is 0 Å². The van der Waals surface area contributed by atoms with Gasteiger partial charge in [0.15, 0.2) is 5.78 Å². The van der Waals surface area contributed by atoms with E-state index >= 15 is 0 Å². The Hall–Kier alpha value is -2.93. The van der Waals surface area contributed by atoms with Gasteiger partial charge < -0.3 is 9.90 Å². The number of Topliss-reactive ketones (excluding diaryl/α,β-unsaturated/α-hetero) is 1. The molecule has 0 saturated heterocycles. The van der Waals surface area contributed by atoms with E-state index in [2.05, 4.69) is 30.7 Å². The summed E-state index contributed by atoms with van der Waals surface area (Å²) in [5, 5.41) is 11.1. The Morgan fingerprint density at radius 2 is 2.04 bits per heavy atom. The van der Waals surface area contributed by atoms with Crippen LogP contribution < -0.4 is 5.11 Å². The molecule has 120 valence electrons. The van der Waals surface area contributed by atoms with Crippen LogP contribution in [0, 0.1) is 11.8 Å². The molecule has 2 aromatic rings. The molecule has 0 atom stereocenters. The third-order valence-electron chi connectivity index (χ3n) is 4.38. The number of carboxylic acids is 1. The molecule has 3 rings (SSSR count). The third kappa shape index (κ3) is 2.93. The van der Waals surface area contributed by atoms with Crippen molar-refractivity contribution in [3.63, 3.8) is 0 Å². The molecule has 4 nitrogen and oxygen atoms in total. The zero-order valence-electron chi connectivity index (χ0n) is 13.6. The molecule has 1 heterocycles. The maximum absolute atomic E-state index is 12.1. The highest BCUT2D eigenvalue weighted by atomic mass is 16.4. The molecule has 24 heavy (non-hydrogen) atoms. The number of fused-ring (bicyclic) bond motifs is 1. The van der Waals surface area contributed by atoms with E-state index in [-0.39, 0.29) is 22.5 Å². The van der Waals surface area contributed by atoms with Gasteiger partial charge in [-0.1, -0.05) is 19.8 Å². The summed E-state index contributed by atoms with van der Waals surface area (Å²) in [5.74, 6) is 4.59. The molecule has 0 spiro atoms. The predicted octanol–water partition coefficient (Wildman–Crippen LogP) is 2.10. The Kier molecular flexibility index (Phi) is 3.94. The van der Waals surface area contributed by atoms with Crippen LogP contribution >= 0.6 is 0 Å². The summed E-state index contributed by atoms with van der Waals surface area (Å²) in [7, 11) is 0. The number of hydrogen-bond donors (Lipinski definition) is 0. The van der Waals surface area contributed by atoms with Crippen LogP contribution in [0.3, 0.4) is 0 Å². The van der Waals surface area contributed by atoms with E-state index < -0.39 is 5.97 Å². The van der Waals surface area contributed by atoms with Gasteiger partial charge in [-0.2, -0.15) is 0 Å². The standard InChI is InChI=1S/C20H17NO3/c1-20(2)10-9-18(22)14-7-5-13(12-16(14)20)6-8-17-15(19(23)24)4-3-11-21-17/h3-5,7,11-12H,9-10H2,1-2H3,(H,23,24)/p-1. The Balaban J connectivity index is 2.03. The highest BCUT2D eigenvalue weighted by Crippen LogP contribution is 2.36. The normalized spacial score (nSPS) is 15.2. The average molecular weight is 318 g/mol. The summed E-state index contributed by atoms with van der Waals surface area (Å²) >= 11 is 0. The number of nitrogens with zero attached hydrogens (tertiary/aromatic N) is 1. The second kappa shape index (κ2) is 5.93. The lowest BCUT2D eigenvalue weighted by Gasteiger charge is -2.31. The van der Waals surface area contributed by atoms with Gasteiger partial charge in [0.25, 0.3) is 0 Å². The van der Waals surface area contributed by atoms with Crippen LogP contribution in [-0.4, -0.2) is 16.7 Å². The van der Waals surface area contributed by atoms with Crippen LogP contribution in [0.15, 0.2) is 36.5 Å². The molecule has 0 N–H and O–H groups in total. The number of carbonyl (C=O) groups is 2. The first-order valence-corrected chi connectivity index (χ1v) is 7.74. The molecule has 0 radical (unpaired) electrons. The number of carboxylic acid groups (broad SMARTS) is 1. The van der Waals surface area contributed by atoms with Gasteiger partial charge in [0, 0.05) is 29.3 Å². The van der Waals surface area contributed by atoms with Crippen molar-refractivity contribution >= 4 is 11.8 Å². The van der Waals surface area contributed by atoms with Crippen LogP contribution in [0.25, 0.3) is 0 Å². The van der Waals surface area contributed by atoms with Gasteiger partial charge in [0.05, 0.1) is 5.97 Å².